The summed E-state index contributed by atoms with van der Waals surface area (Å²) in [5.74, 6) is 0.387. The lowest BCUT2D eigenvalue weighted by Crippen LogP contribution is -1.87. The van der Waals surface area contributed by atoms with Crippen molar-refractivity contribution in [2.75, 3.05) is 7.11 Å². The molecule has 2 N–H and O–H groups in total. The number of imidazole rings is 1. The quantitative estimate of drug-likeness (QED) is 0.824. The topological polar surface area (TPSA) is 58.1 Å². The van der Waals surface area contributed by atoms with E-state index < -0.39 is 0 Å². The number of benzene rings is 1. The predicted molar refractivity (Wildman–Crippen MR) is 57.3 cm³/mol. The lowest BCUT2D eigenvalue weighted by atomic mass is 10.1. The highest BCUT2D eigenvalue weighted by Gasteiger charge is 2.12. The number of nitrogens with one attached hydrogen (secondary N) is 1. The predicted octanol–water partition coefficient (Wildman–Crippen LogP) is 2.44. The fourth-order valence-electron chi connectivity index (χ4n) is 1.34. The summed E-state index contributed by atoms with van der Waals surface area (Å²) >= 11 is 5.89. The van der Waals surface area contributed by atoms with Gasteiger partial charge in [-0.25, -0.2) is 4.98 Å². The summed E-state index contributed by atoms with van der Waals surface area (Å²) in [6.45, 7) is 0. The van der Waals surface area contributed by atoms with Gasteiger partial charge in [-0.1, -0.05) is 11.6 Å². The molecule has 5 heteroatoms. The number of rotatable bonds is 2. The molecule has 0 unspecified atom stereocenters. The van der Waals surface area contributed by atoms with Crippen LogP contribution in [0.5, 0.6) is 11.5 Å². The minimum absolute atomic E-state index is 0.0474. The Morgan fingerprint density at radius 1 is 1.47 bits per heavy atom. The van der Waals surface area contributed by atoms with Crippen LogP contribution < -0.4 is 4.74 Å². The van der Waals surface area contributed by atoms with E-state index in [-0.39, 0.29) is 5.75 Å². The van der Waals surface area contributed by atoms with Gasteiger partial charge in [0.1, 0.15) is 0 Å². The molecule has 1 heterocycles. The molecule has 0 amide bonds. The second-order valence-corrected chi connectivity index (χ2v) is 3.41. The van der Waals surface area contributed by atoms with Gasteiger partial charge in [0.15, 0.2) is 11.5 Å². The number of halogens is 1. The van der Waals surface area contributed by atoms with Gasteiger partial charge in [0.2, 0.25) is 0 Å². The number of phenolic OH excluding ortho intramolecular Hbond substituents is 1. The first-order valence-electron chi connectivity index (χ1n) is 4.27. The van der Waals surface area contributed by atoms with Gasteiger partial charge in [-0.3, -0.25) is 0 Å². The second-order valence-electron chi connectivity index (χ2n) is 2.97. The van der Waals surface area contributed by atoms with E-state index in [9.17, 15) is 5.11 Å². The first kappa shape index (κ1) is 9.86. The molecule has 0 radical (unpaired) electrons. The summed E-state index contributed by atoms with van der Waals surface area (Å²) in [5, 5.41) is 10.3. The summed E-state index contributed by atoms with van der Waals surface area (Å²) in [4.78, 5) is 6.76. The van der Waals surface area contributed by atoms with Crippen molar-refractivity contribution in [2.24, 2.45) is 0 Å². The third-order valence-electron chi connectivity index (χ3n) is 2.05. The Labute approximate surface area is 91.5 Å². The van der Waals surface area contributed by atoms with E-state index in [4.69, 9.17) is 16.3 Å². The van der Waals surface area contributed by atoms with E-state index in [2.05, 4.69) is 9.97 Å². The maximum atomic E-state index is 9.85. The molecule has 4 nitrogen and oxygen atoms in total. The molecular formula is C10H9ClN2O2. The number of aromatic nitrogens is 2. The van der Waals surface area contributed by atoms with Crippen LogP contribution in [0.4, 0.5) is 0 Å². The molecule has 1 aromatic carbocycles. The van der Waals surface area contributed by atoms with Crippen LogP contribution in [0, 0.1) is 0 Å². The van der Waals surface area contributed by atoms with Gasteiger partial charge in [-0.15, -0.1) is 0 Å². The molecule has 1 aromatic heterocycles. The maximum Gasteiger partial charge on any atom is 0.167 e. The number of H-pyrrole nitrogens is 1. The first-order valence-corrected chi connectivity index (χ1v) is 4.65. The normalized spacial score (nSPS) is 10.3. The van der Waals surface area contributed by atoms with Crippen LogP contribution in [0.25, 0.3) is 11.3 Å². The number of nitrogens with zero attached hydrogens (tertiary/aromatic N) is 1. The first-order chi connectivity index (χ1) is 7.22. The van der Waals surface area contributed by atoms with Crippen LogP contribution >= 0.6 is 11.6 Å². The molecule has 0 aliphatic rings. The maximum absolute atomic E-state index is 9.85. The molecule has 15 heavy (non-hydrogen) atoms. The third-order valence-corrected chi connectivity index (χ3v) is 2.27. The van der Waals surface area contributed by atoms with Gasteiger partial charge < -0.3 is 14.8 Å². The third kappa shape index (κ3) is 1.76. The van der Waals surface area contributed by atoms with Crippen molar-refractivity contribution >= 4 is 11.6 Å². The number of aromatic amines is 1. The van der Waals surface area contributed by atoms with Crippen molar-refractivity contribution in [3.8, 4) is 22.8 Å². The number of hydrogen-bond donors (Lipinski definition) is 2. The lowest BCUT2D eigenvalue weighted by molar-refractivity contribution is 0.374. The number of phenols is 1. The summed E-state index contributed by atoms with van der Waals surface area (Å²) in [5.41, 5.74) is 1.25. The van der Waals surface area contributed by atoms with Crippen LogP contribution in [-0.4, -0.2) is 22.2 Å². The van der Waals surface area contributed by atoms with Gasteiger partial charge in [0.25, 0.3) is 0 Å². The van der Waals surface area contributed by atoms with Crippen LogP contribution in [0.3, 0.4) is 0 Å². The zero-order valence-corrected chi connectivity index (χ0v) is 8.75. The van der Waals surface area contributed by atoms with Gasteiger partial charge in [-0.05, 0) is 6.07 Å². The van der Waals surface area contributed by atoms with Gasteiger partial charge in [0.05, 0.1) is 25.3 Å². The highest BCUT2D eigenvalue weighted by Crippen LogP contribution is 2.38. The SMILES string of the molecule is COc1cc(Cl)cc(-c2cnc[nH]2)c1O. The molecule has 0 aliphatic heterocycles. The lowest BCUT2D eigenvalue weighted by Gasteiger charge is -2.08. The molecule has 0 aliphatic carbocycles. The Bertz CT molecular complexity index is 469. The average Bonchev–Trinajstić information content (AvgIpc) is 2.74. The molecule has 0 bridgehead atoms. The Morgan fingerprint density at radius 2 is 2.27 bits per heavy atom. The van der Waals surface area contributed by atoms with Crippen molar-refractivity contribution in [1.29, 1.82) is 0 Å². The molecule has 0 saturated heterocycles. The summed E-state index contributed by atoms with van der Waals surface area (Å²) in [6.07, 6.45) is 3.13. The Balaban J connectivity index is 2.61. The number of ether oxygens (including phenoxy) is 1. The molecule has 0 atom stereocenters. The summed E-state index contributed by atoms with van der Waals surface area (Å²) < 4.78 is 5.00. The van der Waals surface area contributed by atoms with Gasteiger partial charge >= 0.3 is 0 Å². The Kier molecular flexibility index (Phi) is 2.51. The van der Waals surface area contributed by atoms with Gasteiger partial charge in [-0.2, -0.15) is 0 Å². The van der Waals surface area contributed by atoms with E-state index in [1.807, 2.05) is 0 Å². The smallest absolute Gasteiger partial charge is 0.167 e. The molecule has 0 saturated carbocycles. The number of methoxy groups -OCH3 is 1. The van der Waals surface area contributed by atoms with Gasteiger partial charge in [0, 0.05) is 16.7 Å². The fraction of sp³-hybridized carbons (Fsp3) is 0.100. The molecule has 2 aromatic rings. The van der Waals surface area contributed by atoms with Crippen LogP contribution in [-0.2, 0) is 0 Å². The van der Waals surface area contributed by atoms with E-state index in [0.29, 0.717) is 22.0 Å². The van der Waals surface area contributed by atoms with Crippen LogP contribution in [0.1, 0.15) is 0 Å². The Morgan fingerprint density at radius 3 is 2.87 bits per heavy atom. The van der Waals surface area contributed by atoms with E-state index in [1.165, 1.54) is 13.4 Å². The molecule has 78 valence electrons. The van der Waals surface area contributed by atoms with E-state index in [0.717, 1.165) is 0 Å². The van der Waals surface area contributed by atoms with E-state index >= 15 is 0 Å². The summed E-state index contributed by atoms with van der Waals surface area (Å²) in [6, 6.07) is 3.20. The van der Waals surface area contributed by atoms with Crippen molar-refractivity contribution in [3.05, 3.63) is 29.7 Å². The second kappa shape index (κ2) is 3.82. The van der Waals surface area contributed by atoms with Crippen molar-refractivity contribution in [3.63, 3.8) is 0 Å². The van der Waals surface area contributed by atoms with Crippen LogP contribution in [0.2, 0.25) is 5.02 Å². The zero-order valence-electron chi connectivity index (χ0n) is 7.99. The fourth-order valence-corrected chi connectivity index (χ4v) is 1.55. The van der Waals surface area contributed by atoms with Crippen molar-refractivity contribution in [1.82, 2.24) is 9.97 Å². The molecule has 0 spiro atoms. The minimum atomic E-state index is 0.0474. The number of hydrogen-bond acceptors (Lipinski definition) is 3. The zero-order chi connectivity index (χ0) is 10.8. The summed E-state index contributed by atoms with van der Waals surface area (Å²) in [7, 11) is 1.47. The molecule has 2 rings (SSSR count). The molecular weight excluding hydrogens is 216 g/mol. The largest absolute Gasteiger partial charge is 0.504 e. The highest BCUT2D eigenvalue weighted by molar-refractivity contribution is 6.31. The van der Waals surface area contributed by atoms with Crippen LogP contribution in [0.15, 0.2) is 24.7 Å². The minimum Gasteiger partial charge on any atom is -0.504 e. The Hall–Kier alpha value is -1.68. The average molecular weight is 225 g/mol. The monoisotopic (exact) mass is 224 g/mol. The standard InChI is InChI=1S/C10H9ClN2O2/c1-15-9-3-6(11)2-7(10(9)14)8-4-12-5-13-8/h2-5,14H,1H3,(H,12,13). The number of aromatic hydroxyl groups is 1. The highest BCUT2D eigenvalue weighted by atomic mass is 35.5. The van der Waals surface area contributed by atoms with Crippen molar-refractivity contribution in [2.45, 2.75) is 0 Å². The van der Waals surface area contributed by atoms with E-state index in [1.54, 1.807) is 18.3 Å². The van der Waals surface area contributed by atoms with Crippen molar-refractivity contribution < 1.29 is 9.84 Å². The molecule has 0 fully saturated rings.